The average molecular weight is 194 g/mol. The molecule has 0 aliphatic heterocycles. The summed E-state index contributed by atoms with van der Waals surface area (Å²) in [6.07, 6.45) is -0.290. The van der Waals surface area contributed by atoms with E-state index in [1.165, 1.54) is 0 Å². The van der Waals surface area contributed by atoms with Crippen molar-refractivity contribution in [2.75, 3.05) is 12.4 Å². The zero-order chi connectivity index (χ0) is 9.56. The highest BCUT2D eigenvalue weighted by Gasteiger charge is 2.16. The van der Waals surface area contributed by atoms with Crippen molar-refractivity contribution in [1.82, 2.24) is 0 Å². The molecule has 0 rings (SSSR count). The van der Waals surface area contributed by atoms with E-state index in [0.29, 0.717) is 6.42 Å². The Labute approximate surface area is 75.6 Å². The van der Waals surface area contributed by atoms with Crippen LogP contribution < -0.4 is 0 Å². The molecule has 0 saturated heterocycles. The molecule has 0 heterocycles. The Kier molecular flexibility index (Phi) is 6.14. The Bertz CT molecular complexity index is 139. The van der Waals surface area contributed by atoms with Crippen molar-refractivity contribution < 1.29 is 20.1 Å². The number of carbonyl (C=O) groups is 1. The summed E-state index contributed by atoms with van der Waals surface area (Å²) in [5.41, 5.74) is 0. The van der Waals surface area contributed by atoms with Gasteiger partial charge in [-0.2, -0.15) is 0 Å². The number of aliphatic hydroxyl groups excluding tert-OH is 2. The van der Waals surface area contributed by atoms with Gasteiger partial charge < -0.3 is 15.3 Å². The third-order valence-electron chi connectivity index (χ3n) is 1.35. The molecule has 0 bridgehead atoms. The van der Waals surface area contributed by atoms with Crippen molar-refractivity contribution in [1.29, 1.82) is 0 Å². The molecule has 2 unspecified atom stereocenters. The van der Waals surface area contributed by atoms with Gasteiger partial charge in [0.1, 0.15) is 5.25 Å². The minimum atomic E-state index is -0.868. The van der Waals surface area contributed by atoms with Crippen LogP contribution >= 0.6 is 11.8 Å². The van der Waals surface area contributed by atoms with E-state index in [0.717, 1.165) is 11.8 Å². The first kappa shape index (κ1) is 11.7. The van der Waals surface area contributed by atoms with Gasteiger partial charge in [-0.3, -0.25) is 4.79 Å². The fourth-order valence-electron chi connectivity index (χ4n) is 0.644. The van der Waals surface area contributed by atoms with Gasteiger partial charge in [-0.05, 0) is 6.42 Å². The van der Waals surface area contributed by atoms with E-state index in [1.54, 1.807) is 6.92 Å². The summed E-state index contributed by atoms with van der Waals surface area (Å²) in [4.78, 5) is 10.5. The van der Waals surface area contributed by atoms with Gasteiger partial charge in [0.15, 0.2) is 0 Å². The van der Waals surface area contributed by atoms with Crippen LogP contribution in [-0.2, 0) is 4.79 Å². The molecule has 0 fully saturated rings. The Hall–Kier alpha value is -0.260. The maximum Gasteiger partial charge on any atom is 0.316 e. The quantitative estimate of drug-likeness (QED) is 0.552. The lowest BCUT2D eigenvalue weighted by Gasteiger charge is -2.11. The standard InChI is InChI=1S/C7H14O4S/c1-2-6(7(10)11)12-4-5(9)3-8/h5-6,8-9H,2-4H2,1H3,(H,10,11). The van der Waals surface area contributed by atoms with E-state index in [4.69, 9.17) is 15.3 Å². The van der Waals surface area contributed by atoms with Crippen molar-refractivity contribution >= 4 is 17.7 Å². The van der Waals surface area contributed by atoms with Gasteiger partial charge in [0.25, 0.3) is 0 Å². The molecule has 2 atom stereocenters. The lowest BCUT2D eigenvalue weighted by Crippen LogP contribution is -2.21. The van der Waals surface area contributed by atoms with E-state index in [2.05, 4.69) is 0 Å². The molecule has 0 aromatic rings. The highest BCUT2D eigenvalue weighted by molar-refractivity contribution is 8.00. The van der Waals surface area contributed by atoms with E-state index < -0.39 is 17.3 Å². The van der Waals surface area contributed by atoms with Crippen molar-refractivity contribution in [3.63, 3.8) is 0 Å². The van der Waals surface area contributed by atoms with Gasteiger partial charge in [0.05, 0.1) is 12.7 Å². The first-order valence-electron chi connectivity index (χ1n) is 3.75. The number of hydrogen-bond acceptors (Lipinski definition) is 4. The average Bonchev–Trinajstić information content (AvgIpc) is 2.04. The summed E-state index contributed by atoms with van der Waals surface area (Å²) in [6.45, 7) is 1.46. The largest absolute Gasteiger partial charge is 0.480 e. The molecule has 0 spiro atoms. The number of hydrogen-bond donors (Lipinski definition) is 3. The molecular formula is C7H14O4S. The zero-order valence-corrected chi connectivity index (χ0v) is 7.75. The SMILES string of the molecule is CCC(SCC(O)CO)C(=O)O. The van der Waals surface area contributed by atoms with Crippen LogP contribution in [0.15, 0.2) is 0 Å². The summed E-state index contributed by atoms with van der Waals surface area (Å²) in [6, 6.07) is 0. The van der Waals surface area contributed by atoms with Crippen LogP contribution in [0.3, 0.4) is 0 Å². The van der Waals surface area contributed by atoms with Gasteiger partial charge in [-0.15, -0.1) is 11.8 Å². The number of aliphatic hydroxyl groups is 2. The summed E-state index contributed by atoms with van der Waals surface area (Å²) in [7, 11) is 0. The molecule has 72 valence electrons. The minimum absolute atomic E-state index is 0.265. The van der Waals surface area contributed by atoms with Crippen LogP contribution in [0.25, 0.3) is 0 Å². The van der Waals surface area contributed by atoms with Crippen LogP contribution in [0.2, 0.25) is 0 Å². The van der Waals surface area contributed by atoms with E-state index in [1.807, 2.05) is 0 Å². The second kappa shape index (κ2) is 6.28. The number of aliphatic carboxylic acids is 1. The van der Waals surface area contributed by atoms with Gasteiger partial charge >= 0.3 is 5.97 Å². The predicted molar refractivity (Wildman–Crippen MR) is 47.3 cm³/mol. The fraction of sp³-hybridized carbons (Fsp3) is 0.857. The van der Waals surface area contributed by atoms with Crippen molar-refractivity contribution in [2.24, 2.45) is 0 Å². The van der Waals surface area contributed by atoms with Gasteiger partial charge in [-0.25, -0.2) is 0 Å². The first-order valence-corrected chi connectivity index (χ1v) is 4.80. The Morgan fingerprint density at radius 2 is 2.17 bits per heavy atom. The third kappa shape index (κ3) is 4.58. The van der Waals surface area contributed by atoms with Crippen LogP contribution in [-0.4, -0.2) is 45.0 Å². The second-order valence-electron chi connectivity index (χ2n) is 2.40. The molecular weight excluding hydrogens is 180 g/mol. The van der Waals surface area contributed by atoms with Gasteiger partial charge in [0, 0.05) is 5.75 Å². The first-order chi connectivity index (χ1) is 5.61. The van der Waals surface area contributed by atoms with Crippen LogP contribution in [0.4, 0.5) is 0 Å². The monoisotopic (exact) mass is 194 g/mol. The summed E-state index contributed by atoms with van der Waals surface area (Å²) < 4.78 is 0. The van der Waals surface area contributed by atoms with Crippen LogP contribution in [0, 0.1) is 0 Å². The molecule has 0 aromatic heterocycles. The highest BCUT2D eigenvalue weighted by Crippen LogP contribution is 2.15. The maximum atomic E-state index is 10.5. The van der Waals surface area contributed by atoms with E-state index in [-0.39, 0.29) is 12.4 Å². The fourth-order valence-corrected chi connectivity index (χ4v) is 1.58. The van der Waals surface area contributed by atoms with Gasteiger partial charge in [-0.1, -0.05) is 6.92 Å². The maximum absolute atomic E-state index is 10.5. The lowest BCUT2D eigenvalue weighted by atomic mass is 10.3. The molecule has 5 heteroatoms. The molecule has 3 N–H and O–H groups in total. The Balaban J connectivity index is 3.65. The second-order valence-corrected chi connectivity index (χ2v) is 3.64. The predicted octanol–water partition coefficient (Wildman–Crippen LogP) is -0.0640. The third-order valence-corrected chi connectivity index (χ3v) is 2.86. The molecule has 0 saturated carbocycles. The van der Waals surface area contributed by atoms with E-state index >= 15 is 0 Å². The molecule has 0 aliphatic carbocycles. The lowest BCUT2D eigenvalue weighted by molar-refractivity contribution is -0.136. The molecule has 0 aromatic carbocycles. The molecule has 12 heavy (non-hydrogen) atoms. The molecule has 4 nitrogen and oxygen atoms in total. The van der Waals surface area contributed by atoms with Crippen LogP contribution in [0.1, 0.15) is 13.3 Å². The highest BCUT2D eigenvalue weighted by atomic mass is 32.2. The van der Waals surface area contributed by atoms with Crippen molar-refractivity contribution in [3.05, 3.63) is 0 Å². The van der Waals surface area contributed by atoms with E-state index in [9.17, 15) is 4.79 Å². The number of thioether (sulfide) groups is 1. The zero-order valence-electron chi connectivity index (χ0n) is 6.93. The summed E-state index contributed by atoms with van der Waals surface area (Å²) in [5.74, 6) is -0.603. The van der Waals surface area contributed by atoms with Gasteiger partial charge in [0.2, 0.25) is 0 Å². The topological polar surface area (TPSA) is 77.8 Å². The Morgan fingerprint density at radius 3 is 2.50 bits per heavy atom. The number of rotatable bonds is 6. The molecule has 0 aliphatic rings. The number of carboxylic acid groups (broad SMARTS) is 1. The normalized spacial score (nSPS) is 15.6. The molecule has 0 amide bonds. The summed E-state index contributed by atoms with van der Waals surface area (Å²) >= 11 is 1.15. The number of carboxylic acids is 1. The van der Waals surface area contributed by atoms with Crippen molar-refractivity contribution in [3.8, 4) is 0 Å². The smallest absolute Gasteiger partial charge is 0.316 e. The Morgan fingerprint density at radius 1 is 1.58 bits per heavy atom. The van der Waals surface area contributed by atoms with Crippen molar-refractivity contribution in [2.45, 2.75) is 24.7 Å². The summed E-state index contributed by atoms with van der Waals surface area (Å²) in [5, 5.41) is 25.5. The minimum Gasteiger partial charge on any atom is -0.480 e. The van der Waals surface area contributed by atoms with Crippen LogP contribution in [0.5, 0.6) is 0 Å². The molecule has 0 radical (unpaired) electrons.